The highest BCUT2D eigenvalue weighted by Gasteiger charge is 2.21. The fraction of sp³-hybridized carbons (Fsp3) is 0.429. The van der Waals surface area contributed by atoms with Crippen molar-refractivity contribution in [2.45, 2.75) is 32.1 Å². The van der Waals surface area contributed by atoms with Gasteiger partial charge in [-0.2, -0.15) is 0 Å². The zero-order valence-corrected chi connectivity index (χ0v) is 10.3. The third-order valence-corrected chi connectivity index (χ3v) is 3.39. The molecule has 0 saturated heterocycles. The number of hydrogen-bond donors (Lipinski definition) is 2. The second kappa shape index (κ2) is 5.67. The summed E-state index contributed by atoms with van der Waals surface area (Å²) in [6, 6.07) is 6.74. The van der Waals surface area contributed by atoms with E-state index in [0.717, 1.165) is 25.7 Å². The molecule has 0 aromatic heterocycles. The molecule has 1 aliphatic carbocycles. The summed E-state index contributed by atoms with van der Waals surface area (Å²) >= 11 is 0. The van der Waals surface area contributed by atoms with Gasteiger partial charge in [0, 0.05) is 17.2 Å². The molecule has 4 heteroatoms. The van der Waals surface area contributed by atoms with E-state index in [0.29, 0.717) is 11.3 Å². The molecular weight excluding hydrogens is 228 g/mol. The standard InChI is InChI=1S/C14H18N2O2/c15-13(17)11-7-4-8-12(9-11)16-14(18)10-5-2-1-3-6-10/h4,7-10H,1-3,5-6H2,(H2,15,17)(H,16,18). The fourth-order valence-electron chi connectivity index (χ4n) is 2.36. The summed E-state index contributed by atoms with van der Waals surface area (Å²) in [5.41, 5.74) is 6.26. The zero-order valence-electron chi connectivity index (χ0n) is 10.3. The van der Waals surface area contributed by atoms with Gasteiger partial charge in [0.15, 0.2) is 0 Å². The van der Waals surface area contributed by atoms with Gasteiger partial charge in [0.05, 0.1) is 0 Å². The van der Waals surface area contributed by atoms with Crippen LogP contribution in [-0.2, 0) is 4.79 Å². The van der Waals surface area contributed by atoms with Crippen LogP contribution in [0.4, 0.5) is 5.69 Å². The summed E-state index contributed by atoms with van der Waals surface area (Å²) in [5, 5.41) is 2.86. The number of carbonyl (C=O) groups excluding carboxylic acids is 2. The number of amides is 2. The topological polar surface area (TPSA) is 72.2 Å². The molecule has 96 valence electrons. The van der Waals surface area contributed by atoms with Gasteiger partial charge in [-0.05, 0) is 31.0 Å². The van der Waals surface area contributed by atoms with E-state index in [1.165, 1.54) is 6.42 Å². The minimum absolute atomic E-state index is 0.0521. The second-order valence-electron chi connectivity index (χ2n) is 4.77. The fourth-order valence-corrected chi connectivity index (χ4v) is 2.36. The van der Waals surface area contributed by atoms with Crippen molar-refractivity contribution in [2.24, 2.45) is 11.7 Å². The lowest BCUT2D eigenvalue weighted by molar-refractivity contribution is -0.120. The predicted molar refractivity (Wildman–Crippen MR) is 70.2 cm³/mol. The minimum Gasteiger partial charge on any atom is -0.366 e. The van der Waals surface area contributed by atoms with E-state index >= 15 is 0 Å². The van der Waals surface area contributed by atoms with Crippen molar-refractivity contribution in [3.63, 3.8) is 0 Å². The van der Waals surface area contributed by atoms with Crippen molar-refractivity contribution in [3.05, 3.63) is 29.8 Å². The molecule has 4 nitrogen and oxygen atoms in total. The molecule has 1 saturated carbocycles. The lowest BCUT2D eigenvalue weighted by Gasteiger charge is -2.20. The second-order valence-corrected chi connectivity index (χ2v) is 4.77. The van der Waals surface area contributed by atoms with Crippen LogP contribution in [-0.4, -0.2) is 11.8 Å². The number of benzene rings is 1. The average Bonchev–Trinajstić information content (AvgIpc) is 2.40. The maximum absolute atomic E-state index is 12.0. The normalized spacial score (nSPS) is 16.2. The summed E-state index contributed by atoms with van der Waals surface area (Å²) in [6.45, 7) is 0. The molecule has 0 unspecified atom stereocenters. The van der Waals surface area contributed by atoms with E-state index in [-0.39, 0.29) is 11.8 Å². The van der Waals surface area contributed by atoms with Gasteiger partial charge in [0.25, 0.3) is 0 Å². The Morgan fingerprint density at radius 1 is 1.17 bits per heavy atom. The molecule has 0 spiro atoms. The Balaban J connectivity index is 2.02. The van der Waals surface area contributed by atoms with Gasteiger partial charge in [-0.15, -0.1) is 0 Å². The Morgan fingerprint density at radius 2 is 1.89 bits per heavy atom. The number of anilines is 1. The van der Waals surface area contributed by atoms with Crippen molar-refractivity contribution >= 4 is 17.5 Å². The van der Waals surface area contributed by atoms with Gasteiger partial charge in [0.2, 0.25) is 11.8 Å². The van der Waals surface area contributed by atoms with E-state index in [2.05, 4.69) is 5.32 Å². The van der Waals surface area contributed by atoms with Crippen LogP contribution in [0.1, 0.15) is 42.5 Å². The first-order valence-electron chi connectivity index (χ1n) is 6.37. The molecule has 0 bridgehead atoms. The molecule has 2 amide bonds. The number of rotatable bonds is 3. The Morgan fingerprint density at radius 3 is 2.56 bits per heavy atom. The molecule has 18 heavy (non-hydrogen) atoms. The molecule has 0 heterocycles. The van der Waals surface area contributed by atoms with Crippen LogP contribution in [0.5, 0.6) is 0 Å². The number of nitrogens with one attached hydrogen (secondary N) is 1. The molecule has 0 atom stereocenters. The summed E-state index contributed by atoms with van der Waals surface area (Å²) in [6.07, 6.45) is 5.39. The average molecular weight is 246 g/mol. The molecule has 3 N–H and O–H groups in total. The lowest BCUT2D eigenvalue weighted by atomic mass is 9.88. The molecule has 0 aliphatic heterocycles. The van der Waals surface area contributed by atoms with Crippen molar-refractivity contribution < 1.29 is 9.59 Å². The molecule has 0 radical (unpaired) electrons. The smallest absolute Gasteiger partial charge is 0.248 e. The van der Waals surface area contributed by atoms with Gasteiger partial charge in [-0.1, -0.05) is 25.3 Å². The van der Waals surface area contributed by atoms with Gasteiger partial charge in [-0.25, -0.2) is 0 Å². The quantitative estimate of drug-likeness (QED) is 0.859. The van der Waals surface area contributed by atoms with Crippen LogP contribution in [0.15, 0.2) is 24.3 Å². The summed E-state index contributed by atoms with van der Waals surface area (Å²) in [7, 11) is 0. The highest BCUT2D eigenvalue weighted by Crippen LogP contribution is 2.25. The number of carbonyl (C=O) groups is 2. The van der Waals surface area contributed by atoms with E-state index < -0.39 is 5.91 Å². The van der Waals surface area contributed by atoms with Gasteiger partial charge in [0.1, 0.15) is 0 Å². The van der Waals surface area contributed by atoms with Crippen molar-refractivity contribution in [1.82, 2.24) is 0 Å². The van der Waals surface area contributed by atoms with Crippen LogP contribution >= 0.6 is 0 Å². The summed E-state index contributed by atoms with van der Waals surface area (Å²) in [5.74, 6) is -0.323. The summed E-state index contributed by atoms with van der Waals surface area (Å²) < 4.78 is 0. The molecule has 1 aromatic rings. The van der Waals surface area contributed by atoms with Crippen LogP contribution in [0.2, 0.25) is 0 Å². The van der Waals surface area contributed by atoms with Crippen LogP contribution in [0.3, 0.4) is 0 Å². The van der Waals surface area contributed by atoms with Crippen LogP contribution in [0.25, 0.3) is 0 Å². The zero-order chi connectivity index (χ0) is 13.0. The monoisotopic (exact) mass is 246 g/mol. The van der Waals surface area contributed by atoms with Crippen molar-refractivity contribution in [3.8, 4) is 0 Å². The third kappa shape index (κ3) is 3.09. The van der Waals surface area contributed by atoms with E-state index in [4.69, 9.17) is 5.73 Å². The number of primary amides is 1. The SMILES string of the molecule is NC(=O)c1cccc(NC(=O)C2CCCCC2)c1. The predicted octanol–water partition coefficient (Wildman–Crippen LogP) is 2.30. The largest absolute Gasteiger partial charge is 0.366 e. The Hall–Kier alpha value is -1.84. The highest BCUT2D eigenvalue weighted by atomic mass is 16.2. The van der Waals surface area contributed by atoms with Crippen LogP contribution < -0.4 is 11.1 Å². The van der Waals surface area contributed by atoms with Gasteiger partial charge < -0.3 is 11.1 Å². The summed E-state index contributed by atoms with van der Waals surface area (Å²) in [4.78, 5) is 23.1. The molecule has 1 aromatic carbocycles. The molecule has 1 aliphatic rings. The van der Waals surface area contributed by atoms with Crippen molar-refractivity contribution in [2.75, 3.05) is 5.32 Å². The lowest BCUT2D eigenvalue weighted by Crippen LogP contribution is -2.24. The Kier molecular flexibility index (Phi) is 3.97. The minimum atomic E-state index is -0.483. The highest BCUT2D eigenvalue weighted by molar-refractivity contribution is 5.96. The molecule has 1 fully saturated rings. The van der Waals surface area contributed by atoms with Crippen molar-refractivity contribution in [1.29, 1.82) is 0 Å². The van der Waals surface area contributed by atoms with Crippen LogP contribution in [0, 0.1) is 5.92 Å². The van der Waals surface area contributed by atoms with E-state index in [1.807, 2.05) is 0 Å². The first-order chi connectivity index (χ1) is 8.66. The first kappa shape index (κ1) is 12.6. The Labute approximate surface area is 107 Å². The van der Waals surface area contributed by atoms with Gasteiger partial charge >= 0.3 is 0 Å². The van der Waals surface area contributed by atoms with E-state index in [1.54, 1.807) is 24.3 Å². The first-order valence-corrected chi connectivity index (χ1v) is 6.37. The molecule has 2 rings (SSSR count). The van der Waals surface area contributed by atoms with Gasteiger partial charge in [-0.3, -0.25) is 9.59 Å². The number of hydrogen-bond acceptors (Lipinski definition) is 2. The Bertz CT molecular complexity index is 451. The number of nitrogens with two attached hydrogens (primary N) is 1. The molecular formula is C14H18N2O2. The third-order valence-electron chi connectivity index (χ3n) is 3.39. The maximum atomic E-state index is 12.0. The maximum Gasteiger partial charge on any atom is 0.248 e. The van der Waals surface area contributed by atoms with E-state index in [9.17, 15) is 9.59 Å².